The normalized spacial score (nSPS) is 26.8. The molecule has 3 rings (SSSR count). The van der Waals surface area contributed by atoms with Crippen LogP contribution in [0.4, 0.5) is 18.9 Å². The molecule has 0 saturated carbocycles. The summed E-state index contributed by atoms with van der Waals surface area (Å²) in [6, 6.07) is 3.90. The lowest BCUT2D eigenvalue weighted by molar-refractivity contribution is -0.137. The number of nitrogens with one attached hydrogen (secondary N) is 1. The van der Waals surface area contributed by atoms with Gasteiger partial charge in [0, 0.05) is 30.7 Å². The van der Waals surface area contributed by atoms with Gasteiger partial charge in [-0.1, -0.05) is 0 Å². The Labute approximate surface area is 118 Å². The molecule has 2 aliphatic rings. The lowest BCUT2D eigenvalue weighted by Gasteiger charge is -2.22. The van der Waals surface area contributed by atoms with Gasteiger partial charge in [-0.2, -0.15) is 13.2 Å². The van der Waals surface area contributed by atoms with Gasteiger partial charge >= 0.3 is 6.18 Å². The number of anilines is 1. The van der Waals surface area contributed by atoms with Crippen molar-refractivity contribution in [3.05, 3.63) is 28.2 Å². The standard InChI is InChI=1S/C13H14BrF3N2/c14-11-3-10(13(15,16)17)1-2-12(11)19-6-8-4-18-5-9(8)7-19/h1-3,8-9,18H,4-7H2. The van der Waals surface area contributed by atoms with E-state index in [0.717, 1.165) is 37.9 Å². The van der Waals surface area contributed by atoms with E-state index in [1.807, 2.05) is 0 Å². The largest absolute Gasteiger partial charge is 0.416 e. The van der Waals surface area contributed by atoms with Crippen LogP contribution in [0.25, 0.3) is 0 Å². The summed E-state index contributed by atoms with van der Waals surface area (Å²) in [4.78, 5) is 2.18. The molecule has 2 aliphatic heterocycles. The fourth-order valence-corrected chi connectivity index (χ4v) is 3.62. The molecule has 104 valence electrons. The average molecular weight is 335 g/mol. The molecule has 1 aromatic carbocycles. The van der Waals surface area contributed by atoms with E-state index in [2.05, 4.69) is 26.1 Å². The van der Waals surface area contributed by atoms with E-state index in [1.165, 1.54) is 6.07 Å². The van der Waals surface area contributed by atoms with Crippen LogP contribution in [0.2, 0.25) is 0 Å². The highest BCUT2D eigenvalue weighted by Crippen LogP contribution is 2.38. The van der Waals surface area contributed by atoms with Crippen molar-refractivity contribution in [3.63, 3.8) is 0 Å². The number of benzene rings is 1. The van der Waals surface area contributed by atoms with Crippen molar-refractivity contribution in [1.29, 1.82) is 0 Å². The van der Waals surface area contributed by atoms with Crippen molar-refractivity contribution < 1.29 is 13.2 Å². The summed E-state index contributed by atoms with van der Waals surface area (Å²) in [5, 5.41) is 3.35. The number of nitrogens with zero attached hydrogens (tertiary/aromatic N) is 1. The number of alkyl halides is 3. The Bertz CT molecular complexity index is 477. The molecule has 2 atom stereocenters. The Morgan fingerprint density at radius 2 is 1.79 bits per heavy atom. The summed E-state index contributed by atoms with van der Waals surface area (Å²) in [6.07, 6.45) is -4.29. The topological polar surface area (TPSA) is 15.3 Å². The number of halogens is 4. The molecule has 2 fully saturated rings. The first-order chi connectivity index (χ1) is 8.95. The summed E-state index contributed by atoms with van der Waals surface area (Å²) in [6.45, 7) is 3.86. The molecular weight excluding hydrogens is 321 g/mol. The fraction of sp³-hybridized carbons (Fsp3) is 0.538. The summed E-state index contributed by atoms with van der Waals surface area (Å²) < 4.78 is 38.4. The van der Waals surface area contributed by atoms with Gasteiger partial charge in [-0.15, -0.1) is 0 Å². The maximum Gasteiger partial charge on any atom is 0.416 e. The molecule has 0 aromatic heterocycles. The van der Waals surface area contributed by atoms with Crippen molar-refractivity contribution in [2.24, 2.45) is 11.8 Å². The molecule has 0 spiro atoms. The van der Waals surface area contributed by atoms with Gasteiger partial charge in [0.05, 0.1) is 11.3 Å². The Balaban J connectivity index is 1.82. The molecule has 0 amide bonds. The molecule has 0 radical (unpaired) electrons. The van der Waals surface area contributed by atoms with Gasteiger partial charge in [-0.25, -0.2) is 0 Å². The third-order valence-corrected chi connectivity index (χ3v) is 4.64. The summed E-state index contributed by atoms with van der Waals surface area (Å²) in [7, 11) is 0. The predicted molar refractivity (Wildman–Crippen MR) is 71.2 cm³/mol. The summed E-state index contributed by atoms with van der Waals surface area (Å²) in [5.74, 6) is 1.24. The minimum Gasteiger partial charge on any atom is -0.370 e. The van der Waals surface area contributed by atoms with Crippen LogP contribution in [0.1, 0.15) is 5.56 Å². The second kappa shape index (κ2) is 4.66. The predicted octanol–water partition coefficient (Wildman–Crippen LogP) is 3.12. The molecule has 1 aromatic rings. The molecule has 0 bridgehead atoms. The van der Waals surface area contributed by atoms with Crippen LogP contribution in [0, 0.1) is 11.8 Å². The van der Waals surface area contributed by atoms with E-state index >= 15 is 0 Å². The van der Waals surface area contributed by atoms with Crippen molar-refractivity contribution in [2.75, 3.05) is 31.1 Å². The second-order valence-electron chi connectivity index (χ2n) is 5.25. The van der Waals surface area contributed by atoms with Gasteiger partial charge in [0.1, 0.15) is 0 Å². The third kappa shape index (κ3) is 2.48. The number of rotatable bonds is 1. The van der Waals surface area contributed by atoms with Gasteiger partial charge in [0.2, 0.25) is 0 Å². The Morgan fingerprint density at radius 1 is 1.16 bits per heavy atom. The molecule has 0 aliphatic carbocycles. The van der Waals surface area contributed by atoms with Crippen molar-refractivity contribution in [2.45, 2.75) is 6.18 Å². The fourth-order valence-electron chi connectivity index (χ4n) is 2.99. The van der Waals surface area contributed by atoms with Crippen LogP contribution in [0.5, 0.6) is 0 Å². The lowest BCUT2D eigenvalue weighted by Crippen LogP contribution is -2.25. The van der Waals surface area contributed by atoms with E-state index in [0.29, 0.717) is 16.3 Å². The minimum atomic E-state index is -4.29. The molecule has 1 N–H and O–H groups in total. The molecule has 2 unspecified atom stereocenters. The van der Waals surface area contributed by atoms with Crippen LogP contribution in [-0.2, 0) is 6.18 Å². The highest BCUT2D eigenvalue weighted by atomic mass is 79.9. The average Bonchev–Trinajstić information content (AvgIpc) is 2.87. The molecular formula is C13H14BrF3N2. The summed E-state index contributed by atoms with van der Waals surface area (Å²) in [5.41, 5.74) is 0.256. The molecule has 6 heteroatoms. The van der Waals surface area contributed by atoms with Gasteiger partial charge in [-0.3, -0.25) is 0 Å². The van der Waals surface area contributed by atoms with Crippen molar-refractivity contribution >= 4 is 21.6 Å². The van der Waals surface area contributed by atoms with E-state index in [-0.39, 0.29) is 0 Å². The lowest BCUT2D eigenvalue weighted by atomic mass is 10.0. The highest BCUT2D eigenvalue weighted by Gasteiger charge is 2.37. The van der Waals surface area contributed by atoms with Crippen LogP contribution < -0.4 is 10.2 Å². The molecule has 19 heavy (non-hydrogen) atoms. The summed E-state index contributed by atoms with van der Waals surface area (Å²) >= 11 is 3.27. The number of fused-ring (bicyclic) bond motifs is 1. The van der Waals surface area contributed by atoms with E-state index in [4.69, 9.17) is 0 Å². The van der Waals surface area contributed by atoms with Crippen LogP contribution in [0.15, 0.2) is 22.7 Å². The first-order valence-electron chi connectivity index (χ1n) is 6.27. The van der Waals surface area contributed by atoms with E-state index in [1.54, 1.807) is 6.07 Å². The van der Waals surface area contributed by atoms with E-state index in [9.17, 15) is 13.2 Å². The quantitative estimate of drug-likeness (QED) is 0.848. The molecule has 2 saturated heterocycles. The van der Waals surface area contributed by atoms with Gasteiger partial charge in [-0.05, 0) is 46.0 Å². The zero-order valence-corrected chi connectivity index (χ0v) is 11.8. The zero-order valence-electron chi connectivity index (χ0n) is 10.2. The molecule has 2 nitrogen and oxygen atoms in total. The highest BCUT2D eigenvalue weighted by molar-refractivity contribution is 9.10. The smallest absolute Gasteiger partial charge is 0.370 e. The van der Waals surface area contributed by atoms with Gasteiger partial charge in [0.15, 0.2) is 0 Å². The molecule has 2 heterocycles. The third-order valence-electron chi connectivity index (χ3n) is 4.01. The Kier molecular flexibility index (Phi) is 3.25. The maximum absolute atomic E-state index is 12.6. The minimum absolute atomic E-state index is 0.523. The van der Waals surface area contributed by atoms with Gasteiger partial charge < -0.3 is 10.2 Å². The second-order valence-corrected chi connectivity index (χ2v) is 6.10. The number of hydrogen-bond acceptors (Lipinski definition) is 2. The SMILES string of the molecule is FC(F)(F)c1ccc(N2CC3CNCC3C2)c(Br)c1. The first-order valence-corrected chi connectivity index (χ1v) is 7.07. The van der Waals surface area contributed by atoms with Crippen molar-refractivity contribution in [3.8, 4) is 0 Å². The van der Waals surface area contributed by atoms with Crippen LogP contribution >= 0.6 is 15.9 Å². The maximum atomic E-state index is 12.6. The van der Waals surface area contributed by atoms with E-state index < -0.39 is 11.7 Å². The zero-order chi connectivity index (χ0) is 13.6. The number of hydrogen-bond donors (Lipinski definition) is 1. The van der Waals surface area contributed by atoms with Gasteiger partial charge in [0.25, 0.3) is 0 Å². The van der Waals surface area contributed by atoms with Crippen LogP contribution in [0.3, 0.4) is 0 Å². The van der Waals surface area contributed by atoms with Crippen molar-refractivity contribution in [1.82, 2.24) is 5.32 Å². The first kappa shape index (κ1) is 13.2. The van der Waals surface area contributed by atoms with Crippen LogP contribution in [-0.4, -0.2) is 26.2 Å². The Hall–Kier alpha value is -0.750. The monoisotopic (exact) mass is 334 g/mol. The Morgan fingerprint density at radius 3 is 2.32 bits per heavy atom.